The molecule has 8 heteroatoms. The van der Waals surface area contributed by atoms with E-state index in [1.165, 1.54) is 0 Å². The van der Waals surface area contributed by atoms with Crippen LogP contribution in [0.15, 0.2) is 9.05 Å². The molecule has 0 saturated heterocycles. The highest BCUT2D eigenvalue weighted by atomic mass is 16.5. The molecule has 154 valence electrons. The fourth-order valence-corrected chi connectivity index (χ4v) is 3.10. The molecule has 1 N–H and O–H groups in total. The summed E-state index contributed by atoms with van der Waals surface area (Å²) in [4.78, 5) is 26.3. The van der Waals surface area contributed by atoms with Crippen LogP contribution in [-0.2, 0) is 22.4 Å². The molecule has 0 radical (unpaired) electrons. The quantitative estimate of drug-likeness (QED) is 0.706. The van der Waals surface area contributed by atoms with E-state index >= 15 is 0 Å². The van der Waals surface area contributed by atoms with Crippen LogP contribution in [0.5, 0.6) is 0 Å². The number of likely N-dealkylation sites (N-methyl/N-ethyl adjacent to an activating group) is 1. The van der Waals surface area contributed by atoms with Crippen LogP contribution in [0.1, 0.15) is 53.8 Å². The first kappa shape index (κ1) is 21.7. The second-order valence-corrected chi connectivity index (χ2v) is 7.26. The van der Waals surface area contributed by atoms with Crippen LogP contribution in [0, 0.1) is 27.7 Å². The predicted molar refractivity (Wildman–Crippen MR) is 104 cm³/mol. The molecule has 0 aliphatic heterocycles. The number of hydrogen-bond donors (Lipinski definition) is 1. The van der Waals surface area contributed by atoms with Crippen molar-refractivity contribution in [3.05, 3.63) is 34.0 Å². The smallest absolute Gasteiger partial charge is 0.222 e. The van der Waals surface area contributed by atoms with Gasteiger partial charge in [-0.05, 0) is 47.5 Å². The average molecular weight is 390 g/mol. The lowest BCUT2D eigenvalue weighted by molar-refractivity contribution is -0.132. The van der Waals surface area contributed by atoms with Gasteiger partial charge in [-0.25, -0.2) is 0 Å². The van der Waals surface area contributed by atoms with Gasteiger partial charge in [0.2, 0.25) is 11.8 Å². The van der Waals surface area contributed by atoms with Crippen LogP contribution in [0.4, 0.5) is 0 Å². The third-order valence-electron chi connectivity index (χ3n) is 5.20. The zero-order valence-corrected chi connectivity index (χ0v) is 17.6. The van der Waals surface area contributed by atoms with E-state index in [2.05, 4.69) is 15.6 Å². The van der Waals surface area contributed by atoms with Crippen molar-refractivity contribution >= 4 is 11.8 Å². The molecule has 0 bridgehead atoms. The van der Waals surface area contributed by atoms with Crippen LogP contribution in [0.3, 0.4) is 0 Å². The molecule has 2 rings (SSSR count). The Morgan fingerprint density at radius 2 is 1.46 bits per heavy atom. The van der Waals surface area contributed by atoms with Gasteiger partial charge in [-0.1, -0.05) is 10.3 Å². The number of aromatic nitrogens is 2. The Labute approximate surface area is 165 Å². The van der Waals surface area contributed by atoms with Crippen LogP contribution >= 0.6 is 0 Å². The molecule has 8 nitrogen and oxygen atoms in total. The Balaban J connectivity index is 1.74. The second-order valence-electron chi connectivity index (χ2n) is 7.26. The van der Waals surface area contributed by atoms with Gasteiger partial charge in [0.1, 0.15) is 11.5 Å². The molecule has 0 unspecified atom stereocenters. The van der Waals surface area contributed by atoms with Crippen LogP contribution in [0.2, 0.25) is 0 Å². The number of hydrogen-bond acceptors (Lipinski definition) is 6. The zero-order chi connectivity index (χ0) is 20.8. The van der Waals surface area contributed by atoms with Gasteiger partial charge < -0.3 is 19.3 Å². The first-order valence-corrected chi connectivity index (χ1v) is 9.56. The minimum atomic E-state index is -0.0971. The third kappa shape index (κ3) is 5.43. The van der Waals surface area contributed by atoms with E-state index in [4.69, 9.17) is 9.05 Å². The van der Waals surface area contributed by atoms with E-state index in [0.29, 0.717) is 32.2 Å². The van der Waals surface area contributed by atoms with Gasteiger partial charge in [0.15, 0.2) is 0 Å². The molecule has 28 heavy (non-hydrogen) atoms. The number of aryl methyl sites for hydroxylation is 4. The molecule has 2 aromatic heterocycles. The maximum Gasteiger partial charge on any atom is 0.222 e. The maximum atomic E-state index is 12.4. The highest BCUT2D eigenvalue weighted by Crippen LogP contribution is 2.16. The molecular weight excluding hydrogens is 360 g/mol. The van der Waals surface area contributed by atoms with E-state index in [0.717, 1.165) is 34.0 Å². The predicted octanol–water partition coefficient (Wildman–Crippen LogP) is 2.42. The highest BCUT2D eigenvalue weighted by molar-refractivity contribution is 5.77. The fourth-order valence-electron chi connectivity index (χ4n) is 3.10. The zero-order valence-electron chi connectivity index (χ0n) is 17.6. The first-order valence-electron chi connectivity index (χ1n) is 9.56. The standard InChI is InChI=1S/C20H30N4O4/c1-12(11-21-19(25)9-7-17-13(2)22-27-15(17)4)24(6)20(26)10-8-18-14(3)23-28-16(18)5/h12H,7-11H2,1-6H3,(H,21,25)/t12-/m0/s1. The Morgan fingerprint density at radius 1 is 0.964 bits per heavy atom. The lowest BCUT2D eigenvalue weighted by Gasteiger charge is -2.25. The molecule has 0 aliphatic rings. The van der Waals surface area contributed by atoms with E-state index in [1.54, 1.807) is 11.9 Å². The maximum absolute atomic E-state index is 12.4. The lowest BCUT2D eigenvalue weighted by atomic mass is 10.1. The van der Waals surface area contributed by atoms with Crippen LogP contribution in [-0.4, -0.2) is 46.7 Å². The van der Waals surface area contributed by atoms with Crippen LogP contribution < -0.4 is 5.32 Å². The molecule has 0 aromatic carbocycles. The van der Waals surface area contributed by atoms with Gasteiger partial charge in [0.25, 0.3) is 0 Å². The number of amides is 2. The SMILES string of the molecule is Cc1noc(C)c1CCC(=O)NC[C@H](C)N(C)C(=O)CCc1c(C)noc1C. The summed E-state index contributed by atoms with van der Waals surface area (Å²) >= 11 is 0. The lowest BCUT2D eigenvalue weighted by Crippen LogP contribution is -2.43. The van der Waals surface area contributed by atoms with E-state index < -0.39 is 0 Å². The number of nitrogens with zero attached hydrogens (tertiary/aromatic N) is 3. The summed E-state index contributed by atoms with van der Waals surface area (Å²) in [6.45, 7) is 9.77. The number of rotatable bonds is 9. The van der Waals surface area contributed by atoms with Crippen molar-refractivity contribution in [2.75, 3.05) is 13.6 Å². The van der Waals surface area contributed by atoms with Crippen molar-refractivity contribution in [2.45, 2.75) is 66.3 Å². The third-order valence-corrected chi connectivity index (χ3v) is 5.20. The van der Waals surface area contributed by atoms with Crippen molar-refractivity contribution < 1.29 is 18.6 Å². The Bertz CT molecular complexity index is 785. The summed E-state index contributed by atoms with van der Waals surface area (Å²) in [5.74, 6) is 1.48. The molecule has 0 saturated carbocycles. The summed E-state index contributed by atoms with van der Waals surface area (Å²) in [5.41, 5.74) is 3.62. The van der Waals surface area contributed by atoms with Crippen molar-refractivity contribution in [2.24, 2.45) is 0 Å². The Morgan fingerprint density at radius 3 is 1.93 bits per heavy atom. The van der Waals surface area contributed by atoms with Gasteiger partial charge >= 0.3 is 0 Å². The second kappa shape index (κ2) is 9.52. The molecule has 1 atom stereocenters. The number of carbonyl (C=O) groups excluding carboxylic acids is 2. The van der Waals surface area contributed by atoms with Gasteiger partial charge in [-0.15, -0.1) is 0 Å². The summed E-state index contributed by atoms with van der Waals surface area (Å²) in [6, 6.07) is -0.0971. The summed E-state index contributed by atoms with van der Waals surface area (Å²) in [6.07, 6.45) is 1.93. The van der Waals surface area contributed by atoms with Gasteiger partial charge in [0.05, 0.1) is 11.4 Å². The average Bonchev–Trinajstić information content (AvgIpc) is 3.16. The fraction of sp³-hybridized carbons (Fsp3) is 0.600. The van der Waals surface area contributed by atoms with Crippen LogP contribution in [0.25, 0.3) is 0 Å². The molecule has 2 aromatic rings. The highest BCUT2D eigenvalue weighted by Gasteiger charge is 2.18. The van der Waals surface area contributed by atoms with E-state index in [1.807, 2.05) is 34.6 Å². The van der Waals surface area contributed by atoms with Gasteiger partial charge in [0, 0.05) is 43.6 Å². The van der Waals surface area contributed by atoms with Crippen molar-refractivity contribution in [1.82, 2.24) is 20.5 Å². The van der Waals surface area contributed by atoms with Crippen molar-refractivity contribution in [3.8, 4) is 0 Å². The molecule has 0 fully saturated rings. The normalized spacial score (nSPS) is 12.1. The minimum Gasteiger partial charge on any atom is -0.361 e. The monoisotopic (exact) mass is 390 g/mol. The molecule has 2 amide bonds. The molecular formula is C20H30N4O4. The Kier molecular flexibility index (Phi) is 7.37. The summed E-state index contributed by atoms with van der Waals surface area (Å²) < 4.78 is 10.2. The van der Waals surface area contributed by atoms with E-state index in [-0.39, 0.29) is 17.9 Å². The van der Waals surface area contributed by atoms with E-state index in [9.17, 15) is 9.59 Å². The Hall–Kier alpha value is -2.64. The molecule has 0 aliphatic carbocycles. The number of carbonyl (C=O) groups is 2. The number of nitrogens with one attached hydrogen (secondary N) is 1. The van der Waals surface area contributed by atoms with Gasteiger partial charge in [-0.3, -0.25) is 9.59 Å². The topological polar surface area (TPSA) is 101 Å². The summed E-state index contributed by atoms with van der Waals surface area (Å²) in [7, 11) is 1.76. The van der Waals surface area contributed by atoms with Crippen molar-refractivity contribution in [3.63, 3.8) is 0 Å². The summed E-state index contributed by atoms with van der Waals surface area (Å²) in [5, 5.41) is 10.7. The van der Waals surface area contributed by atoms with Crippen molar-refractivity contribution in [1.29, 1.82) is 0 Å². The minimum absolute atomic E-state index is 0.0254. The molecule has 0 spiro atoms. The molecule has 2 heterocycles. The first-order chi connectivity index (χ1) is 13.2. The largest absolute Gasteiger partial charge is 0.361 e. The van der Waals surface area contributed by atoms with Gasteiger partial charge in [-0.2, -0.15) is 0 Å².